The highest BCUT2D eigenvalue weighted by atomic mass is 35.5. The Balaban J connectivity index is 1.89. The van der Waals surface area contributed by atoms with Gasteiger partial charge in [0, 0.05) is 22.6 Å². The van der Waals surface area contributed by atoms with E-state index < -0.39 is 32.6 Å². The number of alkyl halides is 3. The van der Waals surface area contributed by atoms with Gasteiger partial charge in [0.2, 0.25) is 10.0 Å². The van der Waals surface area contributed by atoms with Crippen LogP contribution >= 0.6 is 23.1 Å². The molecule has 0 saturated carbocycles. The summed E-state index contributed by atoms with van der Waals surface area (Å²) in [6.07, 6.45) is -4.79. The van der Waals surface area contributed by atoms with Crippen LogP contribution in [0.4, 0.5) is 17.6 Å². The number of nitrogens with two attached hydrogens (primary N) is 1. The molecule has 0 aliphatic heterocycles. The monoisotopic (exact) mass is 502 g/mol. The minimum atomic E-state index is -4.79. The molecule has 0 amide bonds. The molecular weight excluding hydrogens is 492 g/mol. The average molecular weight is 503 g/mol. The van der Waals surface area contributed by atoms with Gasteiger partial charge in [-0.2, -0.15) is 22.6 Å². The maximum Gasteiger partial charge on any atom is 0.435 e. The molecule has 0 atom stereocenters. The lowest BCUT2D eigenvalue weighted by molar-refractivity contribution is -0.141. The van der Waals surface area contributed by atoms with Gasteiger partial charge in [0.05, 0.1) is 22.1 Å². The zero-order chi connectivity index (χ0) is 23.3. The molecule has 0 unspecified atom stereocenters. The molecule has 0 spiro atoms. The molecule has 0 aliphatic carbocycles. The van der Waals surface area contributed by atoms with E-state index in [0.717, 1.165) is 28.9 Å². The van der Waals surface area contributed by atoms with Crippen LogP contribution in [0.15, 0.2) is 58.8 Å². The van der Waals surface area contributed by atoms with Gasteiger partial charge in [0.15, 0.2) is 5.69 Å². The van der Waals surface area contributed by atoms with E-state index in [2.05, 4.69) is 9.47 Å². The lowest BCUT2D eigenvalue weighted by Gasteiger charge is -2.11. The van der Waals surface area contributed by atoms with Crippen molar-refractivity contribution in [3.63, 3.8) is 0 Å². The fourth-order valence-electron chi connectivity index (χ4n) is 3.00. The van der Waals surface area contributed by atoms with Crippen LogP contribution in [0.3, 0.4) is 0 Å². The molecule has 0 aliphatic rings. The second-order valence-corrected chi connectivity index (χ2v) is 9.17. The highest BCUT2D eigenvalue weighted by Crippen LogP contribution is 2.37. The van der Waals surface area contributed by atoms with Crippen LogP contribution in [0.1, 0.15) is 5.69 Å². The van der Waals surface area contributed by atoms with Crippen LogP contribution in [0, 0.1) is 5.82 Å². The van der Waals surface area contributed by atoms with Gasteiger partial charge in [-0.15, -0.1) is 0 Å². The van der Waals surface area contributed by atoms with Gasteiger partial charge >= 0.3 is 6.18 Å². The first-order chi connectivity index (χ1) is 14.9. The van der Waals surface area contributed by atoms with E-state index in [9.17, 15) is 26.0 Å². The Bertz CT molecular complexity index is 1420. The number of benzene rings is 2. The van der Waals surface area contributed by atoms with Crippen LogP contribution in [0.2, 0.25) is 5.02 Å². The molecule has 4 aromatic rings. The molecule has 2 N–H and O–H groups in total. The van der Waals surface area contributed by atoms with Crippen LogP contribution < -0.4 is 5.14 Å². The van der Waals surface area contributed by atoms with Crippen LogP contribution in [0.5, 0.6) is 0 Å². The Morgan fingerprint density at radius 1 is 1.06 bits per heavy atom. The summed E-state index contributed by atoms with van der Waals surface area (Å²) in [6.45, 7) is 0. The Morgan fingerprint density at radius 3 is 2.38 bits per heavy atom. The van der Waals surface area contributed by atoms with Gasteiger partial charge in [0.1, 0.15) is 10.7 Å². The minimum Gasteiger partial charge on any atom is -0.232 e. The standard InChI is InChI=1S/C19H11ClF4N4O2S2/c20-13-7-10(15-5-6-31-27-15)1-3-12(13)16-9-18(19(22,23)24)26-28(16)11-2-4-17(14(21)8-11)32(25,29)30/h1-9H,(H2,25,29,30). The highest BCUT2D eigenvalue weighted by molar-refractivity contribution is 7.89. The Kier molecular flexibility index (Phi) is 5.57. The Morgan fingerprint density at radius 2 is 1.81 bits per heavy atom. The second-order valence-electron chi connectivity index (χ2n) is 6.56. The summed E-state index contributed by atoms with van der Waals surface area (Å²) in [5.74, 6) is -1.23. The zero-order valence-electron chi connectivity index (χ0n) is 15.6. The molecule has 6 nitrogen and oxygen atoms in total. The fourth-order valence-corrected chi connectivity index (χ4v) is 4.40. The number of aromatic nitrogens is 3. The van der Waals surface area contributed by atoms with Crippen molar-refractivity contribution in [2.75, 3.05) is 0 Å². The van der Waals surface area contributed by atoms with Crippen molar-refractivity contribution in [1.82, 2.24) is 14.2 Å². The lowest BCUT2D eigenvalue weighted by Crippen LogP contribution is -2.14. The summed E-state index contributed by atoms with van der Waals surface area (Å²) >= 11 is 7.59. The fraction of sp³-hybridized carbons (Fsp3) is 0.0526. The van der Waals surface area contributed by atoms with Gasteiger partial charge in [0.25, 0.3) is 0 Å². The highest BCUT2D eigenvalue weighted by Gasteiger charge is 2.35. The summed E-state index contributed by atoms with van der Waals surface area (Å²) in [5.41, 5.74) is 0.0434. The molecule has 2 aromatic heterocycles. The van der Waals surface area contributed by atoms with Crippen molar-refractivity contribution < 1.29 is 26.0 Å². The van der Waals surface area contributed by atoms with E-state index in [1.54, 1.807) is 23.6 Å². The summed E-state index contributed by atoms with van der Waals surface area (Å²) in [6, 6.07) is 9.89. The Hall–Kier alpha value is -2.80. The van der Waals surface area contributed by atoms with Gasteiger partial charge in [-0.25, -0.2) is 22.6 Å². The maximum absolute atomic E-state index is 14.3. The molecule has 0 radical (unpaired) electrons. The number of sulfonamides is 1. The number of rotatable bonds is 4. The number of hydrogen-bond donors (Lipinski definition) is 1. The van der Waals surface area contributed by atoms with Crippen LogP contribution in [-0.4, -0.2) is 22.6 Å². The van der Waals surface area contributed by atoms with Gasteiger partial charge < -0.3 is 0 Å². The molecule has 0 saturated heterocycles. The molecule has 0 bridgehead atoms. The minimum absolute atomic E-state index is 0.0742. The third-order valence-corrected chi connectivity index (χ3v) is 6.26. The molecule has 166 valence electrons. The van der Waals surface area contributed by atoms with Crippen molar-refractivity contribution >= 4 is 33.2 Å². The van der Waals surface area contributed by atoms with Crippen LogP contribution in [-0.2, 0) is 16.2 Å². The van der Waals surface area contributed by atoms with Gasteiger partial charge in [-0.1, -0.05) is 23.7 Å². The van der Waals surface area contributed by atoms with E-state index >= 15 is 0 Å². The molecular formula is C19H11ClF4N4O2S2. The topological polar surface area (TPSA) is 90.9 Å². The number of nitrogens with zero attached hydrogens (tertiary/aromatic N) is 3. The SMILES string of the molecule is NS(=O)(=O)c1ccc(-n2nc(C(F)(F)F)cc2-c2ccc(-c3ccsn3)cc2Cl)cc1F. The predicted octanol–water partition coefficient (Wildman–Crippen LogP) is 5.12. The van der Waals surface area contributed by atoms with E-state index in [1.807, 2.05) is 0 Å². The molecule has 2 heterocycles. The van der Waals surface area contributed by atoms with Crippen molar-refractivity contribution in [1.29, 1.82) is 0 Å². The number of primary sulfonamides is 1. The molecule has 0 fully saturated rings. The van der Waals surface area contributed by atoms with Gasteiger partial charge in [-0.05, 0) is 41.9 Å². The van der Waals surface area contributed by atoms with Gasteiger partial charge in [-0.3, -0.25) is 0 Å². The lowest BCUT2D eigenvalue weighted by atomic mass is 10.1. The third kappa shape index (κ3) is 4.26. The summed E-state index contributed by atoms with van der Waals surface area (Å²) in [5, 5.41) is 10.4. The molecule has 32 heavy (non-hydrogen) atoms. The largest absolute Gasteiger partial charge is 0.435 e. The van der Waals surface area contributed by atoms with Crippen molar-refractivity contribution in [3.8, 4) is 28.2 Å². The number of hydrogen-bond acceptors (Lipinski definition) is 5. The van der Waals surface area contributed by atoms with Crippen molar-refractivity contribution in [2.24, 2.45) is 5.14 Å². The Labute approximate surface area is 188 Å². The van der Waals surface area contributed by atoms with Crippen LogP contribution in [0.25, 0.3) is 28.2 Å². The summed E-state index contributed by atoms with van der Waals surface area (Å²) in [4.78, 5) is -0.795. The summed E-state index contributed by atoms with van der Waals surface area (Å²) < 4.78 is 82.4. The average Bonchev–Trinajstić information content (AvgIpc) is 3.37. The van der Waals surface area contributed by atoms with E-state index in [-0.39, 0.29) is 22.0 Å². The normalized spacial score (nSPS) is 12.3. The molecule has 13 heteroatoms. The first kappa shape index (κ1) is 22.4. The first-order valence-corrected chi connectivity index (χ1v) is 11.4. The third-order valence-electron chi connectivity index (χ3n) is 4.44. The van der Waals surface area contributed by atoms with E-state index in [1.165, 1.54) is 17.6 Å². The predicted molar refractivity (Wildman–Crippen MR) is 111 cm³/mol. The van der Waals surface area contributed by atoms with Crippen molar-refractivity contribution in [2.45, 2.75) is 11.1 Å². The molecule has 2 aromatic carbocycles. The first-order valence-electron chi connectivity index (χ1n) is 8.66. The van der Waals surface area contributed by atoms with E-state index in [4.69, 9.17) is 16.7 Å². The smallest absolute Gasteiger partial charge is 0.232 e. The summed E-state index contributed by atoms with van der Waals surface area (Å²) in [7, 11) is -4.36. The molecule has 4 rings (SSSR count). The quantitative estimate of drug-likeness (QED) is 0.392. The van der Waals surface area contributed by atoms with E-state index in [0.29, 0.717) is 11.3 Å². The maximum atomic E-state index is 14.3. The van der Waals surface area contributed by atoms with Crippen molar-refractivity contribution in [3.05, 3.63) is 70.4 Å². The second kappa shape index (κ2) is 7.96. The zero-order valence-corrected chi connectivity index (χ0v) is 18.0. The number of halogens is 5.